The SMILES string of the molecule is O=Cc1c(OCC(=O)Nc2ccccc2F)ccc2ccccc12. The van der Waals surface area contributed by atoms with Crippen molar-refractivity contribution >= 4 is 28.7 Å². The monoisotopic (exact) mass is 323 g/mol. The third-order valence-electron chi connectivity index (χ3n) is 3.56. The maximum absolute atomic E-state index is 13.5. The maximum Gasteiger partial charge on any atom is 0.262 e. The summed E-state index contributed by atoms with van der Waals surface area (Å²) in [6, 6.07) is 16.7. The van der Waals surface area contributed by atoms with Crippen LogP contribution in [-0.4, -0.2) is 18.8 Å². The predicted octanol–water partition coefficient (Wildman–Crippen LogP) is 3.81. The Balaban J connectivity index is 1.75. The van der Waals surface area contributed by atoms with E-state index < -0.39 is 11.7 Å². The lowest BCUT2D eigenvalue weighted by Gasteiger charge is -2.11. The van der Waals surface area contributed by atoms with Crippen molar-refractivity contribution in [2.24, 2.45) is 0 Å². The summed E-state index contributed by atoms with van der Waals surface area (Å²) in [7, 11) is 0. The number of para-hydroxylation sites is 1. The van der Waals surface area contributed by atoms with Crippen LogP contribution in [0.25, 0.3) is 10.8 Å². The Bertz CT molecular complexity index is 908. The van der Waals surface area contributed by atoms with E-state index in [4.69, 9.17) is 4.74 Å². The molecule has 3 aromatic carbocycles. The first kappa shape index (κ1) is 15.7. The molecule has 0 aliphatic heterocycles. The molecule has 0 aliphatic rings. The lowest BCUT2D eigenvalue weighted by atomic mass is 10.0. The Hall–Kier alpha value is -3.21. The third kappa shape index (κ3) is 3.25. The van der Waals surface area contributed by atoms with Crippen LogP contribution in [0.1, 0.15) is 10.4 Å². The first-order chi connectivity index (χ1) is 11.7. The average Bonchev–Trinajstić information content (AvgIpc) is 2.61. The van der Waals surface area contributed by atoms with Gasteiger partial charge in [-0.25, -0.2) is 4.39 Å². The van der Waals surface area contributed by atoms with E-state index in [-0.39, 0.29) is 12.3 Å². The zero-order valence-electron chi connectivity index (χ0n) is 12.7. The normalized spacial score (nSPS) is 10.4. The summed E-state index contributed by atoms with van der Waals surface area (Å²) in [4.78, 5) is 23.3. The number of carbonyl (C=O) groups is 2. The van der Waals surface area contributed by atoms with Gasteiger partial charge < -0.3 is 10.1 Å². The van der Waals surface area contributed by atoms with Crippen LogP contribution in [0.15, 0.2) is 60.7 Å². The van der Waals surface area contributed by atoms with Gasteiger partial charge in [0.2, 0.25) is 0 Å². The second-order valence-electron chi connectivity index (χ2n) is 5.13. The van der Waals surface area contributed by atoms with Gasteiger partial charge in [-0.05, 0) is 29.0 Å². The average molecular weight is 323 g/mol. The van der Waals surface area contributed by atoms with Crippen LogP contribution < -0.4 is 10.1 Å². The highest BCUT2D eigenvalue weighted by atomic mass is 19.1. The van der Waals surface area contributed by atoms with E-state index in [1.54, 1.807) is 12.1 Å². The number of amides is 1. The molecule has 0 atom stereocenters. The number of carbonyl (C=O) groups excluding carboxylic acids is 2. The van der Waals surface area contributed by atoms with Crippen molar-refractivity contribution in [1.29, 1.82) is 0 Å². The van der Waals surface area contributed by atoms with Crippen molar-refractivity contribution in [3.05, 3.63) is 72.0 Å². The Morgan fingerprint density at radius 1 is 1.04 bits per heavy atom. The summed E-state index contributed by atoms with van der Waals surface area (Å²) >= 11 is 0. The van der Waals surface area contributed by atoms with Crippen LogP contribution in [-0.2, 0) is 4.79 Å². The number of benzene rings is 3. The maximum atomic E-state index is 13.5. The van der Waals surface area contributed by atoms with Gasteiger partial charge in [-0.1, -0.05) is 42.5 Å². The highest BCUT2D eigenvalue weighted by molar-refractivity contribution is 6.01. The number of nitrogens with one attached hydrogen (secondary N) is 1. The molecule has 0 saturated carbocycles. The molecule has 1 N–H and O–H groups in total. The van der Waals surface area contributed by atoms with E-state index in [1.165, 1.54) is 18.2 Å². The molecule has 3 aromatic rings. The Kier molecular flexibility index (Phi) is 4.52. The second-order valence-corrected chi connectivity index (χ2v) is 5.13. The molecule has 0 bridgehead atoms. The summed E-state index contributed by atoms with van der Waals surface area (Å²) < 4.78 is 18.9. The second kappa shape index (κ2) is 6.91. The molecule has 0 fully saturated rings. The number of anilines is 1. The first-order valence-electron chi connectivity index (χ1n) is 7.33. The van der Waals surface area contributed by atoms with Gasteiger partial charge in [0.25, 0.3) is 5.91 Å². The van der Waals surface area contributed by atoms with Crippen molar-refractivity contribution < 1.29 is 18.7 Å². The number of halogens is 1. The van der Waals surface area contributed by atoms with Gasteiger partial charge >= 0.3 is 0 Å². The fraction of sp³-hybridized carbons (Fsp3) is 0.0526. The largest absolute Gasteiger partial charge is 0.483 e. The van der Waals surface area contributed by atoms with E-state index in [0.717, 1.165) is 10.8 Å². The standard InChI is InChI=1S/C19H14FNO3/c20-16-7-3-4-8-17(16)21-19(23)12-24-18-10-9-13-5-1-2-6-14(13)15(18)11-22/h1-11H,12H2,(H,21,23). The van der Waals surface area contributed by atoms with Crippen molar-refractivity contribution in [3.8, 4) is 5.75 Å². The van der Waals surface area contributed by atoms with Crippen molar-refractivity contribution in [3.63, 3.8) is 0 Å². The molecule has 0 radical (unpaired) electrons. The minimum atomic E-state index is -0.523. The highest BCUT2D eigenvalue weighted by Gasteiger charge is 2.11. The molecule has 24 heavy (non-hydrogen) atoms. The number of hydrogen-bond acceptors (Lipinski definition) is 3. The summed E-state index contributed by atoms with van der Waals surface area (Å²) in [6.45, 7) is -0.326. The summed E-state index contributed by atoms with van der Waals surface area (Å²) in [5.41, 5.74) is 0.465. The van der Waals surface area contributed by atoms with Crippen molar-refractivity contribution in [2.45, 2.75) is 0 Å². The fourth-order valence-corrected chi connectivity index (χ4v) is 2.42. The van der Waals surface area contributed by atoms with Gasteiger partial charge in [0, 0.05) is 0 Å². The number of rotatable bonds is 5. The van der Waals surface area contributed by atoms with Crippen molar-refractivity contribution in [1.82, 2.24) is 0 Å². The van der Waals surface area contributed by atoms with E-state index in [1.807, 2.05) is 30.3 Å². The summed E-state index contributed by atoms with van der Waals surface area (Å²) in [6.07, 6.45) is 0.701. The first-order valence-corrected chi connectivity index (χ1v) is 7.33. The van der Waals surface area contributed by atoms with Crippen LogP contribution >= 0.6 is 0 Å². The zero-order chi connectivity index (χ0) is 16.9. The number of fused-ring (bicyclic) bond motifs is 1. The van der Waals surface area contributed by atoms with Gasteiger partial charge in [0.15, 0.2) is 12.9 Å². The molecule has 1 amide bonds. The topological polar surface area (TPSA) is 55.4 Å². The van der Waals surface area contributed by atoms with Gasteiger partial charge in [-0.3, -0.25) is 9.59 Å². The zero-order valence-corrected chi connectivity index (χ0v) is 12.7. The van der Waals surface area contributed by atoms with Crippen molar-refractivity contribution in [2.75, 3.05) is 11.9 Å². The lowest BCUT2D eigenvalue weighted by Crippen LogP contribution is -2.21. The lowest BCUT2D eigenvalue weighted by molar-refractivity contribution is -0.118. The fourth-order valence-electron chi connectivity index (χ4n) is 2.42. The van der Waals surface area contributed by atoms with E-state index in [0.29, 0.717) is 17.6 Å². The molecule has 0 unspecified atom stereocenters. The number of hydrogen-bond donors (Lipinski definition) is 1. The van der Waals surface area contributed by atoms with E-state index in [2.05, 4.69) is 5.32 Å². The smallest absolute Gasteiger partial charge is 0.262 e. The van der Waals surface area contributed by atoms with Crippen LogP contribution in [0.4, 0.5) is 10.1 Å². The van der Waals surface area contributed by atoms with Crippen LogP contribution in [0.3, 0.4) is 0 Å². The van der Waals surface area contributed by atoms with Crippen LogP contribution in [0.5, 0.6) is 5.75 Å². The molecule has 0 aromatic heterocycles. The molecular weight excluding hydrogens is 309 g/mol. The van der Waals surface area contributed by atoms with Gasteiger partial charge in [0.1, 0.15) is 11.6 Å². The van der Waals surface area contributed by atoms with Gasteiger partial charge in [-0.2, -0.15) is 0 Å². The Morgan fingerprint density at radius 3 is 2.58 bits per heavy atom. The van der Waals surface area contributed by atoms with E-state index in [9.17, 15) is 14.0 Å². The highest BCUT2D eigenvalue weighted by Crippen LogP contribution is 2.26. The molecule has 5 heteroatoms. The number of ether oxygens (including phenoxy) is 1. The van der Waals surface area contributed by atoms with Crippen LogP contribution in [0, 0.1) is 5.82 Å². The van der Waals surface area contributed by atoms with E-state index >= 15 is 0 Å². The molecular formula is C19H14FNO3. The predicted molar refractivity (Wildman–Crippen MR) is 89.9 cm³/mol. The molecule has 0 aliphatic carbocycles. The molecule has 0 spiro atoms. The van der Waals surface area contributed by atoms with Gasteiger partial charge in [-0.15, -0.1) is 0 Å². The molecule has 0 heterocycles. The number of aldehydes is 1. The van der Waals surface area contributed by atoms with Crippen LogP contribution in [0.2, 0.25) is 0 Å². The quantitative estimate of drug-likeness (QED) is 0.727. The molecule has 120 valence electrons. The summed E-state index contributed by atoms with van der Waals surface area (Å²) in [5, 5.41) is 4.08. The summed E-state index contributed by atoms with van der Waals surface area (Å²) in [5.74, 6) is -0.720. The third-order valence-corrected chi connectivity index (χ3v) is 3.56. The molecule has 0 saturated heterocycles. The Morgan fingerprint density at radius 2 is 1.79 bits per heavy atom. The van der Waals surface area contributed by atoms with Gasteiger partial charge in [0.05, 0.1) is 11.3 Å². The molecule has 4 nitrogen and oxygen atoms in total. The Labute approximate surface area is 137 Å². The molecule has 3 rings (SSSR count). The minimum Gasteiger partial charge on any atom is -0.483 e. The minimum absolute atomic E-state index is 0.0835.